The van der Waals surface area contributed by atoms with Gasteiger partial charge in [-0.15, -0.1) is 0 Å². The van der Waals surface area contributed by atoms with Crippen molar-refractivity contribution in [3.8, 4) is 0 Å². The van der Waals surface area contributed by atoms with Crippen LogP contribution in [-0.4, -0.2) is 120 Å². The number of imidazole rings is 1. The Morgan fingerprint density at radius 2 is 1.41 bits per heavy atom. The maximum absolute atomic E-state index is 12.9. The van der Waals surface area contributed by atoms with Crippen LogP contribution in [0.25, 0.3) is 11.0 Å². The molecule has 3 fully saturated rings. The molecule has 1 N–H and O–H groups in total. The number of H-pyrrole nitrogens is 1. The molecule has 0 saturated carbocycles. The smallest absolute Gasteiger partial charge is 0.326 e. The normalized spacial score (nSPS) is 21.3. The van der Waals surface area contributed by atoms with Crippen LogP contribution in [0.4, 0.5) is 0 Å². The molecule has 184 valence electrons. The van der Waals surface area contributed by atoms with E-state index in [-0.39, 0.29) is 23.5 Å². The largest absolute Gasteiger partial charge is 0.378 e. The van der Waals surface area contributed by atoms with Gasteiger partial charge >= 0.3 is 5.69 Å². The summed E-state index contributed by atoms with van der Waals surface area (Å²) in [5.74, 6) is 0.308. The molecule has 5 rings (SSSR count). The Morgan fingerprint density at radius 3 is 2.09 bits per heavy atom. The van der Waals surface area contributed by atoms with Crippen molar-refractivity contribution < 1.29 is 14.3 Å². The molecule has 10 nitrogen and oxygen atoms in total. The molecule has 10 heteroatoms. The number of nitrogens with zero attached hydrogens (tertiary/aromatic N) is 5. The SMILES string of the molecule is O=C(CN1CCN(C(=O)CN2CCC(n3c(=O)[nH]c4ccccc43)CC2)CC1)N1CCOCC1. The molecule has 1 aromatic heterocycles. The van der Waals surface area contributed by atoms with Gasteiger partial charge in [-0.05, 0) is 25.0 Å². The molecule has 1 aromatic carbocycles. The van der Waals surface area contributed by atoms with Crippen molar-refractivity contribution in [1.82, 2.24) is 29.2 Å². The predicted octanol–water partition coefficient (Wildman–Crippen LogP) is -0.0305. The highest BCUT2D eigenvalue weighted by Crippen LogP contribution is 2.24. The van der Waals surface area contributed by atoms with E-state index in [4.69, 9.17) is 4.74 Å². The minimum Gasteiger partial charge on any atom is -0.378 e. The Kier molecular flexibility index (Phi) is 6.98. The predicted molar refractivity (Wildman–Crippen MR) is 128 cm³/mol. The summed E-state index contributed by atoms with van der Waals surface area (Å²) in [4.78, 5) is 48.9. The molecule has 34 heavy (non-hydrogen) atoms. The number of para-hydroxylation sites is 2. The monoisotopic (exact) mass is 470 g/mol. The molecule has 0 radical (unpaired) electrons. The quantitative estimate of drug-likeness (QED) is 0.660. The van der Waals surface area contributed by atoms with Gasteiger partial charge in [0.2, 0.25) is 11.8 Å². The number of amides is 2. The zero-order valence-electron chi connectivity index (χ0n) is 19.7. The van der Waals surface area contributed by atoms with E-state index < -0.39 is 0 Å². The van der Waals surface area contributed by atoms with Crippen LogP contribution in [0.15, 0.2) is 29.1 Å². The van der Waals surface area contributed by atoms with Gasteiger partial charge < -0.3 is 19.5 Å². The lowest BCUT2D eigenvalue weighted by molar-refractivity contribution is -0.138. The lowest BCUT2D eigenvalue weighted by atomic mass is 10.0. The van der Waals surface area contributed by atoms with Crippen LogP contribution in [0.3, 0.4) is 0 Å². The van der Waals surface area contributed by atoms with Gasteiger partial charge in [-0.2, -0.15) is 0 Å². The average molecular weight is 471 g/mol. The van der Waals surface area contributed by atoms with Gasteiger partial charge in [0.15, 0.2) is 0 Å². The number of piperazine rings is 1. The molecular weight excluding hydrogens is 436 g/mol. The average Bonchev–Trinajstić information content (AvgIpc) is 3.21. The third kappa shape index (κ3) is 5.03. The molecule has 3 aliphatic rings. The fourth-order valence-corrected chi connectivity index (χ4v) is 5.32. The second-order valence-electron chi connectivity index (χ2n) is 9.47. The maximum atomic E-state index is 12.9. The highest BCUT2D eigenvalue weighted by atomic mass is 16.5. The lowest BCUT2D eigenvalue weighted by Crippen LogP contribution is -2.54. The van der Waals surface area contributed by atoms with Crippen molar-refractivity contribution in [2.24, 2.45) is 0 Å². The Labute approximate surface area is 199 Å². The molecule has 0 atom stereocenters. The fraction of sp³-hybridized carbons (Fsp3) is 0.625. The highest BCUT2D eigenvalue weighted by Gasteiger charge is 2.28. The van der Waals surface area contributed by atoms with Crippen molar-refractivity contribution in [2.75, 3.05) is 78.7 Å². The molecule has 2 amide bonds. The first-order chi connectivity index (χ1) is 16.6. The van der Waals surface area contributed by atoms with Crippen molar-refractivity contribution in [3.05, 3.63) is 34.7 Å². The number of carbonyl (C=O) groups excluding carboxylic acids is 2. The number of fused-ring (bicyclic) bond motifs is 1. The van der Waals surface area contributed by atoms with Gasteiger partial charge in [-0.3, -0.25) is 24.0 Å². The summed E-state index contributed by atoms with van der Waals surface area (Å²) in [5.41, 5.74) is 1.77. The first kappa shape index (κ1) is 23.1. The number of benzene rings is 1. The number of nitrogens with one attached hydrogen (secondary N) is 1. The summed E-state index contributed by atoms with van der Waals surface area (Å²) in [6.07, 6.45) is 1.71. The molecule has 0 aliphatic carbocycles. The molecule has 0 spiro atoms. The van der Waals surface area contributed by atoms with Crippen LogP contribution in [0, 0.1) is 0 Å². The minimum absolute atomic E-state index is 0.0549. The number of hydrogen-bond acceptors (Lipinski definition) is 6. The number of rotatable bonds is 5. The maximum Gasteiger partial charge on any atom is 0.326 e. The topological polar surface area (TPSA) is 94.1 Å². The van der Waals surface area contributed by atoms with Gasteiger partial charge in [0.05, 0.1) is 37.3 Å². The Balaban J connectivity index is 1.07. The van der Waals surface area contributed by atoms with E-state index in [2.05, 4.69) is 14.8 Å². The first-order valence-electron chi connectivity index (χ1n) is 12.4. The number of morpholine rings is 1. The van der Waals surface area contributed by atoms with E-state index >= 15 is 0 Å². The zero-order chi connectivity index (χ0) is 23.5. The Hall–Kier alpha value is -2.69. The van der Waals surface area contributed by atoms with Crippen LogP contribution in [0.2, 0.25) is 0 Å². The van der Waals surface area contributed by atoms with E-state index in [1.54, 1.807) is 0 Å². The molecule has 4 heterocycles. The number of aromatic amines is 1. The summed E-state index contributed by atoms with van der Waals surface area (Å²) < 4.78 is 7.20. The number of likely N-dealkylation sites (tertiary alicyclic amines) is 1. The summed E-state index contributed by atoms with van der Waals surface area (Å²) >= 11 is 0. The second-order valence-corrected chi connectivity index (χ2v) is 9.47. The summed E-state index contributed by atoms with van der Waals surface area (Å²) in [6.45, 7) is 7.80. The van der Waals surface area contributed by atoms with Gasteiger partial charge in [0.1, 0.15) is 0 Å². The van der Waals surface area contributed by atoms with Crippen molar-refractivity contribution in [1.29, 1.82) is 0 Å². The fourth-order valence-electron chi connectivity index (χ4n) is 5.32. The number of piperidine rings is 1. The molecular formula is C24H34N6O4. The van der Waals surface area contributed by atoms with Crippen molar-refractivity contribution >= 4 is 22.8 Å². The van der Waals surface area contributed by atoms with Crippen LogP contribution >= 0.6 is 0 Å². The number of aromatic nitrogens is 2. The Bertz CT molecular complexity index is 1060. The summed E-state index contributed by atoms with van der Waals surface area (Å²) in [6, 6.07) is 7.95. The molecule has 0 unspecified atom stereocenters. The summed E-state index contributed by atoms with van der Waals surface area (Å²) in [7, 11) is 0. The van der Waals surface area contributed by atoms with E-state index in [1.165, 1.54) is 0 Å². The van der Waals surface area contributed by atoms with Crippen LogP contribution in [0.5, 0.6) is 0 Å². The second kappa shape index (κ2) is 10.3. The van der Waals surface area contributed by atoms with Crippen LogP contribution < -0.4 is 5.69 Å². The minimum atomic E-state index is -0.0549. The van der Waals surface area contributed by atoms with E-state index in [0.29, 0.717) is 52.5 Å². The van der Waals surface area contributed by atoms with E-state index in [0.717, 1.165) is 50.1 Å². The third-order valence-corrected chi connectivity index (χ3v) is 7.35. The van der Waals surface area contributed by atoms with Gasteiger partial charge in [-0.25, -0.2) is 4.79 Å². The molecule has 3 saturated heterocycles. The van der Waals surface area contributed by atoms with Crippen LogP contribution in [-0.2, 0) is 14.3 Å². The van der Waals surface area contributed by atoms with Gasteiger partial charge in [-0.1, -0.05) is 12.1 Å². The number of carbonyl (C=O) groups is 2. The van der Waals surface area contributed by atoms with Crippen LogP contribution in [0.1, 0.15) is 18.9 Å². The highest BCUT2D eigenvalue weighted by molar-refractivity contribution is 5.79. The van der Waals surface area contributed by atoms with Crippen molar-refractivity contribution in [3.63, 3.8) is 0 Å². The number of hydrogen-bond donors (Lipinski definition) is 1. The van der Waals surface area contributed by atoms with E-state index in [1.807, 2.05) is 38.6 Å². The van der Waals surface area contributed by atoms with Gasteiger partial charge in [0.25, 0.3) is 0 Å². The lowest BCUT2D eigenvalue weighted by Gasteiger charge is -2.37. The van der Waals surface area contributed by atoms with Gasteiger partial charge in [0, 0.05) is 58.4 Å². The standard InChI is InChI=1S/C24H34N6O4/c31-22(28-11-9-27(10-12-28)18-23(32)29-13-15-34-16-14-29)17-26-7-5-19(6-8-26)30-21-4-2-1-3-20(21)25-24(30)33/h1-4,19H,5-18H2,(H,25,33). The molecule has 3 aliphatic heterocycles. The summed E-state index contributed by atoms with van der Waals surface area (Å²) in [5, 5.41) is 0. The zero-order valence-corrected chi connectivity index (χ0v) is 19.7. The third-order valence-electron chi connectivity index (χ3n) is 7.35. The molecule has 2 aromatic rings. The van der Waals surface area contributed by atoms with E-state index in [9.17, 15) is 14.4 Å². The first-order valence-corrected chi connectivity index (χ1v) is 12.4. The number of ether oxygens (including phenoxy) is 1. The molecule has 0 bridgehead atoms. The Morgan fingerprint density at radius 1 is 0.824 bits per heavy atom. The van der Waals surface area contributed by atoms with Crippen molar-refractivity contribution in [2.45, 2.75) is 18.9 Å².